The Morgan fingerprint density at radius 3 is 2.16 bits per heavy atom. The Labute approximate surface area is 113 Å². The summed E-state index contributed by atoms with van der Waals surface area (Å²) in [4.78, 5) is 24.6. The van der Waals surface area contributed by atoms with Gasteiger partial charge in [0, 0.05) is 0 Å². The first kappa shape index (κ1) is 13.1. The molecule has 4 nitrogen and oxygen atoms in total. The van der Waals surface area contributed by atoms with Crippen molar-refractivity contribution in [2.45, 2.75) is 45.3 Å². The Bertz CT molecular complexity index is 516. The molecule has 3 rings (SSSR count). The smallest absolute Gasteiger partial charge is 0.325 e. The molecule has 19 heavy (non-hydrogen) atoms. The van der Waals surface area contributed by atoms with Crippen LogP contribution in [0, 0.1) is 10.8 Å². The quantitative estimate of drug-likeness (QED) is 0.476. The molecule has 2 aliphatic carbocycles. The van der Waals surface area contributed by atoms with E-state index in [1.807, 2.05) is 0 Å². The molecule has 1 N–H and O–H groups in total. The van der Waals surface area contributed by atoms with Crippen LogP contribution in [0.1, 0.15) is 25.7 Å². The van der Waals surface area contributed by atoms with Gasteiger partial charge in [0.25, 0.3) is 0 Å². The molecule has 2 fully saturated rings. The number of hydrogen-bond donors (Lipinski definition) is 1. The van der Waals surface area contributed by atoms with Crippen molar-refractivity contribution in [3.63, 3.8) is 0 Å². The molecule has 1 saturated carbocycles. The van der Waals surface area contributed by atoms with Gasteiger partial charge in [-0.1, -0.05) is 37.7 Å². The Morgan fingerprint density at radius 1 is 1.11 bits per heavy atom. The molecule has 1 saturated heterocycles. The predicted molar refractivity (Wildman–Crippen MR) is 71.9 cm³/mol. The SMILES string of the molecule is C[Si](C)(C)C1=C(CO)[C@]23CCCC[C@]12C(=O)OC3=O. The Balaban J connectivity index is 2.29. The van der Waals surface area contributed by atoms with Crippen molar-refractivity contribution < 1.29 is 19.4 Å². The van der Waals surface area contributed by atoms with Crippen molar-refractivity contribution in [3.05, 3.63) is 10.8 Å². The molecule has 0 amide bonds. The number of esters is 2. The summed E-state index contributed by atoms with van der Waals surface area (Å²) in [6, 6.07) is 0. The molecule has 3 aliphatic rings. The second kappa shape index (κ2) is 3.58. The fourth-order valence-corrected chi connectivity index (χ4v) is 7.62. The van der Waals surface area contributed by atoms with Crippen LogP contribution in [0.2, 0.25) is 19.6 Å². The van der Waals surface area contributed by atoms with Crippen LogP contribution in [0.4, 0.5) is 0 Å². The normalized spacial score (nSPS) is 37.7. The maximum atomic E-state index is 12.4. The van der Waals surface area contributed by atoms with E-state index in [2.05, 4.69) is 19.6 Å². The van der Waals surface area contributed by atoms with Crippen LogP contribution >= 0.6 is 0 Å². The van der Waals surface area contributed by atoms with E-state index in [1.165, 1.54) is 0 Å². The second-order valence-electron chi connectivity index (χ2n) is 6.96. The number of carbonyl (C=O) groups is 2. The predicted octanol–water partition coefficient (Wildman–Crippen LogP) is 1.80. The highest BCUT2D eigenvalue weighted by Gasteiger charge is 2.79. The molecular formula is C14H20O4Si. The molecule has 0 aromatic rings. The summed E-state index contributed by atoms with van der Waals surface area (Å²) in [5.74, 6) is -0.768. The van der Waals surface area contributed by atoms with Crippen LogP contribution in [0.3, 0.4) is 0 Å². The first-order valence-electron chi connectivity index (χ1n) is 6.94. The lowest BCUT2D eigenvalue weighted by atomic mass is 9.46. The molecule has 1 aliphatic heterocycles. The number of cyclic esters (lactones) is 2. The molecular weight excluding hydrogens is 260 g/mol. The maximum absolute atomic E-state index is 12.4. The van der Waals surface area contributed by atoms with E-state index in [-0.39, 0.29) is 12.6 Å². The van der Waals surface area contributed by atoms with Crippen molar-refractivity contribution in [2.24, 2.45) is 10.8 Å². The van der Waals surface area contributed by atoms with E-state index < -0.39 is 24.9 Å². The Morgan fingerprint density at radius 2 is 1.63 bits per heavy atom. The molecule has 2 atom stereocenters. The van der Waals surface area contributed by atoms with E-state index in [0.717, 1.165) is 23.6 Å². The van der Waals surface area contributed by atoms with Gasteiger partial charge in [-0.3, -0.25) is 9.59 Å². The van der Waals surface area contributed by atoms with E-state index in [9.17, 15) is 14.7 Å². The fourth-order valence-electron chi connectivity index (χ4n) is 4.71. The van der Waals surface area contributed by atoms with Gasteiger partial charge in [-0.05, 0) is 18.4 Å². The Kier molecular flexibility index (Phi) is 2.46. The molecule has 5 heteroatoms. The minimum absolute atomic E-state index is 0.121. The number of rotatable bonds is 2. The molecule has 1 heterocycles. The lowest BCUT2D eigenvalue weighted by molar-refractivity contribution is -0.155. The van der Waals surface area contributed by atoms with E-state index in [4.69, 9.17) is 4.74 Å². The first-order valence-corrected chi connectivity index (χ1v) is 10.4. The lowest BCUT2D eigenvalue weighted by Gasteiger charge is -2.58. The summed E-state index contributed by atoms with van der Waals surface area (Å²) in [6.45, 7) is 6.38. The van der Waals surface area contributed by atoms with Gasteiger partial charge in [-0.2, -0.15) is 0 Å². The topological polar surface area (TPSA) is 63.6 Å². The van der Waals surface area contributed by atoms with Crippen LogP contribution in [0.25, 0.3) is 0 Å². The van der Waals surface area contributed by atoms with Crippen molar-refractivity contribution in [3.8, 4) is 0 Å². The molecule has 104 valence electrons. The van der Waals surface area contributed by atoms with Crippen molar-refractivity contribution in [1.82, 2.24) is 0 Å². The van der Waals surface area contributed by atoms with Gasteiger partial charge in [-0.15, -0.1) is 0 Å². The summed E-state index contributed by atoms with van der Waals surface area (Å²) < 4.78 is 5.03. The minimum Gasteiger partial charge on any atom is -0.392 e. The minimum atomic E-state index is -1.77. The average molecular weight is 280 g/mol. The molecule has 0 bridgehead atoms. The maximum Gasteiger partial charge on any atom is 0.325 e. The van der Waals surface area contributed by atoms with Crippen LogP contribution < -0.4 is 0 Å². The largest absolute Gasteiger partial charge is 0.392 e. The number of carbonyl (C=O) groups excluding carboxylic acids is 2. The third kappa shape index (κ3) is 1.19. The fraction of sp³-hybridized carbons (Fsp3) is 0.714. The van der Waals surface area contributed by atoms with E-state index >= 15 is 0 Å². The first-order chi connectivity index (χ1) is 8.82. The highest BCUT2D eigenvalue weighted by molar-refractivity contribution is 6.84. The monoisotopic (exact) mass is 280 g/mol. The summed E-state index contributed by atoms with van der Waals surface area (Å²) in [7, 11) is -1.77. The van der Waals surface area contributed by atoms with Crippen molar-refractivity contribution >= 4 is 20.0 Å². The highest BCUT2D eigenvalue weighted by Crippen LogP contribution is 2.72. The van der Waals surface area contributed by atoms with Crippen LogP contribution in [0.5, 0.6) is 0 Å². The third-order valence-corrected chi connectivity index (χ3v) is 7.34. The number of aliphatic hydroxyl groups is 1. The van der Waals surface area contributed by atoms with Gasteiger partial charge in [0.15, 0.2) is 0 Å². The third-order valence-electron chi connectivity index (χ3n) is 5.12. The van der Waals surface area contributed by atoms with Gasteiger partial charge in [0.05, 0.1) is 14.7 Å². The molecule has 0 radical (unpaired) electrons. The molecule has 0 spiro atoms. The summed E-state index contributed by atoms with van der Waals surface area (Å²) in [5, 5.41) is 10.8. The van der Waals surface area contributed by atoms with Crippen molar-refractivity contribution in [1.29, 1.82) is 0 Å². The van der Waals surface area contributed by atoms with Gasteiger partial charge >= 0.3 is 11.9 Å². The summed E-state index contributed by atoms with van der Waals surface area (Å²) in [6.07, 6.45) is 3.24. The van der Waals surface area contributed by atoms with E-state index in [0.29, 0.717) is 12.8 Å². The highest BCUT2D eigenvalue weighted by atomic mass is 28.3. The number of aliphatic hydroxyl groups excluding tert-OH is 1. The van der Waals surface area contributed by atoms with Crippen LogP contribution in [-0.2, 0) is 14.3 Å². The van der Waals surface area contributed by atoms with Crippen LogP contribution in [0.15, 0.2) is 10.8 Å². The van der Waals surface area contributed by atoms with Gasteiger partial charge in [0.2, 0.25) is 0 Å². The molecule has 0 aromatic carbocycles. The number of hydrogen-bond acceptors (Lipinski definition) is 4. The summed E-state index contributed by atoms with van der Waals surface area (Å²) in [5.41, 5.74) is -0.723. The van der Waals surface area contributed by atoms with Crippen LogP contribution in [-0.4, -0.2) is 31.7 Å². The zero-order chi connectivity index (χ0) is 14.1. The molecule has 0 aromatic heterocycles. The standard InChI is InChI=1S/C14H20O4Si/c1-19(2,3)10-9(8-15)13-6-4-5-7-14(10,13)12(17)18-11(13)16/h15H,4-8H2,1-3H3/t13-,14+/m0/s1. The van der Waals surface area contributed by atoms with Gasteiger partial charge < -0.3 is 9.84 Å². The molecule has 0 unspecified atom stereocenters. The number of ether oxygens (including phenoxy) is 1. The zero-order valence-electron chi connectivity index (χ0n) is 11.7. The average Bonchev–Trinajstić information content (AvgIpc) is 2.47. The van der Waals surface area contributed by atoms with Gasteiger partial charge in [0.1, 0.15) is 10.8 Å². The summed E-state index contributed by atoms with van der Waals surface area (Å²) >= 11 is 0. The second-order valence-corrected chi connectivity index (χ2v) is 12.0. The lowest BCUT2D eigenvalue weighted by Crippen LogP contribution is -2.63. The van der Waals surface area contributed by atoms with Gasteiger partial charge in [-0.25, -0.2) is 0 Å². The van der Waals surface area contributed by atoms with E-state index in [1.54, 1.807) is 0 Å². The zero-order valence-corrected chi connectivity index (χ0v) is 12.7. The van der Waals surface area contributed by atoms with Crippen molar-refractivity contribution in [2.75, 3.05) is 6.61 Å². The Hall–Kier alpha value is -0.943.